The predicted octanol–water partition coefficient (Wildman–Crippen LogP) is 3.58. The number of hydrogen-bond acceptors (Lipinski definition) is 4. The molecule has 1 aromatic carbocycles. The van der Waals surface area contributed by atoms with Crippen LogP contribution in [0.15, 0.2) is 60.6 Å². The molecule has 8 heteroatoms. The van der Waals surface area contributed by atoms with Crippen molar-refractivity contribution in [1.82, 2.24) is 19.8 Å². The normalized spacial score (nSPS) is 14.6. The van der Waals surface area contributed by atoms with Gasteiger partial charge in [-0.3, -0.25) is 14.6 Å². The van der Waals surface area contributed by atoms with Crippen molar-refractivity contribution in [2.24, 2.45) is 0 Å². The van der Waals surface area contributed by atoms with E-state index < -0.39 is 17.8 Å². The van der Waals surface area contributed by atoms with Crippen LogP contribution in [0.2, 0.25) is 0 Å². The summed E-state index contributed by atoms with van der Waals surface area (Å²) >= 11 is 0. The van der Waals surface area contributed by atoms with Gasteiger partial charge in [0.05, 0.1) is 11.9 Å². The van der Waals surface area contributed by atoms with E-state index in [1.54, 1.807) is 24.5 Å². The number of rotatable bonds is 6. The van der Waals surface area contributed by atoms with Gasteiger partial charge in [0.2, 0.25) is 5.91 Å². The average molecular weight is 444 g/mol. The summed E-state index contributed by atoms with van der Waals surface area (Å²) in [6.45, 7) is 5.52. The van der Waals surface area contributed by atoms with E-state index in [1.165, 1.54) is 0 Å². The first-order chi connectivity index (χ1) is 15.9. The van der Waals surface area contributed by atoms with Crippen LogP contribution < -0.4 is 10.6 Å². The third kappa shape index (κ3) is 4.41. The zero-order chi connectivity index (χ0) is 23.5. The molecule has 3 aromatic rings. The van der Waals surface area contributed by atoms with Gasteiger partial charge in [-0.2, -0.15) is 0 Å². The van der Waals surface area contributed by atoms with Crippen LogP contribution in [0.5, 0.6) is 0 Å². The molecule has 4 rings (SSSR count). The van der Waals surface area contributed by atoms with Gasteiger partial charge in [0.25, 0.3) is 5.91 Å². The minimum atomic E-state index is -0.619. The SMILES string of the molecule is CCc1ccccc1NC(=O)CN1C(=O)NC(=Cc2cc(C)n(-c3cccnc3)c2C)C1=O. The van der Waals surface area contributed by atoms with Crippen molar-refractivity contribution in [2.45, 2.75) is 27.2 Å². The third-order valence-corrected chi connectivity index (χ3v) is 5.61. The van der Waals surface area contributed by atoms with E-state index in [0.717, 1.165) is 39.5 Å². The Labute approximate surface area is 191 Å². The van der Waals surface area contributed by atoms with Crippen molar-refractivity contribution in [2.75, 3.05) is 11.9 Å². The number of para-hydroxylation sites is 1. The Kier molecular flexibility index (Phi) is 6.08. The van der Waals surface area contributed by atoms with Gasteiger partial charge in [0.15, 0.2) is 0 Å². The van der Waals surface area contributed by atoms with Crippen molar-refractivity contribution >= 4 is 29.6 Å². The first kappa shape index (κ1) is 22.0. The van der Waals surface area contributed by atoms with Crippen molar-refractivity contribution in [3.8, 4) is 5.69 Å². The van der Waals surface area contributed by atoms with E-state index in [4.69, 9.17) is 0 Å². The standard InChI is InChI=1S/C25H25N5O3/c1-4-18-8-5-6-10-21(18)27-23(31)15-29-24(32)22(28-25(29)33)13-19-12-16(2)30(17(19)3)20-9-7-11-26-14-20/h5-14H,4,15H2,1-3H3,(H,27,31)(H,28,33). The van der Waals surface area contributed by atoms with Crippen LogP contribution in [0.3, 0.4) is 0 Å². The highest BCUT2D eigenvalue weighted by Gasteiger charge is 2.35. The highest BCUT2D eigenvalue weighted by atomic mass is 16.2. The zero-order valence-electron chi connectivity index (χ0n) is 18.8. The lowest BCUT2D eigenvalue weighted by Crippen LogP contribution is -2.38. The number of imide groups is 1. The lowest BCUT2D eigenvalue weighted by Gasteiger charge is -2.13. The highest BCUT2D eigenvalue weighted by molar-refractivity contribution is 6.16. The second-order valence-corrected chi connectivity index (χ2v) is 7.81. The minimum Gasteiger partial charge on any atom is -0.324 e. The van der Waals surface area contributed by atoms with E-state index in [1.807, 2.05) is 61.7 Å². The van der Waals surface area contributed by atoms with Gasteiger partial charge >= 0.3 is 6.03 Å². The number of aromatic nitrogens is 2. The largest absolute Gasteiger partial charge is 0.329 e. The van der Waals surface area contributed by atoms with Crippen LogP contribution in [-0.2, 0) is 16.0 Å². The number of anilines is 1. The van der Waals surface area contributed by atoms with Crippen LogP contribution in [0, 0.1) is 13.8 Å². The predicted molar refractivity (Wildman–Crippen MR) is 126 cm³/mol. The Hall–Kier alpha value is -4.20. The monoisotopic (exact) mass is 443 g/mol. The number of aryl methyl sites for hydroxylation is 2. The number of carbonyl (C=O) groups excluding carboxylic acids is 3. The van der Waals surface area contributed by atoms with Crippen molar-refractivity contribution in [3.63, 3.8) is 0 Å². The van der Waals surface area contributed by atoms with E-state index in [0.29, 0.717) is 5.69 Å². The zero-order valence-corrected chi connectivity index (χ0v) is 18.8. The summed E-state index contributed by atoms with van der Waals surface area (Å²) in [7, 11) is 0. The summed E-state index contributed by atoms with van der Waals surface area (Å²) in [5, 5.41) is 5.38. The fourth-order valence-corrected chi connectivity index (χ4v) is 3.97. The summed E-state index contributed by atoms with van der Waals surface area (Å²) in [6, 6.07) is 12.6. The molecule has 0 aliphatic carbocycles. The second-order valence-electron chi connectivity index (χ2n) is 7.81. The molecule has 1 fully saturated rings. The smallest absolute Gasteiger partial charge is 0.324 e. The quantitative estimate of drug-likeness (QED) is 0.450. The first-order valence-electron chi connectivity index (χ1n) is 10.7. The van der Waals surface area contributed by atoms with Gasteiger partial charge in [-0.25, -0.2) is 9.69 Å². The summed E-state index contributed by atoms with van der Waals surface area (Å²) in [4.78, 5) is 42.9. The number of nitrogens with zero attached hydrogens (tertiary/aromatic N) is 3. The number of pyridine rings is 1. The van der Waals surface area contributed by atoms with Gasteiger partial charge in [-0.05, 0) is 61.7 Å². The van der Waals surface area contributed by atoms with Gasteiger partial charge in [-0.15, -0.1) is 0 Å². The van der Waals surface area contributed by atoms with Crippen LogP contribution in [0.25, 0.3) is 11.8 Å². The Bertz CT molecular complexity index is 1260. The maximum atomic E-state index is 12.9. The molecule has 0 unspecified atom stereocenters. The maximum Gasteiger partial charge on any atom is 0.329 e. The molecule has 4 amide bonds. The number of urea groups is 1. The minimum absolute atomic E-state index is 0.133. The summed E-state index contributed by atoms with van der Waals surface area (Å²) in [5.74, 6) is -0.972. The summed E-state index contributed by atoms with van der Waals surface area (Å²) < 4.78 is 2.02. The average Bonchev–Trinajstić information content (AvgIpc) is 3.23. The Balaban J connectivity index is 1.52. The molecule has 0 atom stereocenters. The Morgan fingerprint density at radius 3 is 2.67 bits per heavy atom. The van der Waals surface area contributed by atoms with Gasteiger partial charge < -0.3 is 15.2 Å². The van der Waals surface area contributed by atoms with E-state index in [2.05, 4.69) is 15.6 Å². The Morgan fingerprint density at radius 2 is 1.94 bits per heavy atom. The molecule has 33 heavy (non-hydrogen) atoms. The van der Waals surface area contributed by atoms with Crippen LogP contribution >= 0.6 is 0 Å². The molecule has 2 aromatic heterocycles. The fraction of sp³-hybridized carbons (Fsp3) is 0.200. The molecule has 0 spiro atoms. The lowest BCUT2D eigenvalue weighted by atomic mass is 10.1. The summed E-state index contributed by atoms with van der Waals surface area (Å²) in [6.07, 6.45) is 5.86. The molecule has 0 bridgehead atoms. The van der Waals surface area contributed by atoms with E-state index in [-0.39, 0.29) is 12.2 Å². The topological polar surface area (TPSA) is 96.3 Å². The molecular weight excluding hydrogens is 418 g/mol. The fourth-order valence-electron chi connectivity index (χ4n) is 3.97. The molecule has 8 nitrogen and oxygen atoms in total. The molecule has 1 saturated heterocycles. The van der Waals surface area contributed by atoms with Crippen LogP contribution in [0.4, 0.5) is 10.5 Å². The molecule has 3 heterocycles. The van der Waals surface area contributed by atoms with Crippen molar-refractivity contribution in [1.29, 1.82) is 0 Å². The number of nitrogens with one attached hydrogen (secondary N) is 2. The second kappa shape index (κ2) is 9.12. The van der Waals surface area contributed by atoms with Gasteiger partial charge in [0.1, 0.15) is 12.2 Å². The number of hydrogen-bond donors (Lipinski definition) is 2. The van der Waals surface area contributed by atoms with Crippen LogP contribution in [0.1, 0.15) is 29.4 Å². The highest BCUT2D eigenvalue weighted by Crippen LogP contribution is 2.23. The third-order valence-electron chi connectivity index (χ3n) is 5.61. The maximum absolute atomic E-state index is 12.9. The molecule has 0 saturated carbocycles. The molecule has 2 N–H and O–H groups in total. The van der Waals surface area contributed by atoms with Crippen molar-refractivity contribution in [3.05, 3.63) is 83.1 Å². The lowest BCUT2D eigenvalue weighted by molar-refractivity contribution is -0.127. The van der Waals surface area contributed by atoms with Crippen molar-refractivity contribution < 1.29 is 14.4 Å². The van der Waals surface area contributed by atoms with Gasteiger partial charge in [0, 0.05) is 23.3 Å². The Morgan fingerprint density at radius 1 is 1.15 bits per heavy atom. The number of amides is 4. The molecular formula is C25H25N5O3. The molecule has 168 valence electrons. The summed E-state index contributed by atoms with van der Waals surface area (Å²) in [5.41, 5.74) is 5.36. The molecule has 0 radical (unpaired) electrons. The van der Waals surface area contributed by atoms with Crippen LogP contribution in [-0.4, -0.2) is 38.8 Å². The number of carbonyl (C=O) groups is 3. The van der Waals surface area contributed by atoms with E-state index in [9.17, 15) is 14.4 Å². The molecule has 1 aliphatic heterocycles. The first-order valence-corrected chi connectivity index (χ1v) is 10.7. The molecule has 1 aliphatic rings. The number of benzene rings is 1. The van der Waals surface area contributed by atoms with Gasteiger partial charge in [-0.1, -0.05) is 25.1 Å². The van der Waals surface area contributed by atoms with E-state index >= 15 is 0 Å².